The minimum absolute atomic E-state index is 0.0298. The van der Waals surface area contributed by atoms with Gasteiger partial charge in [0.1, 0.15) is 0 Å². The Kier molecular flexibility index (Phi) is 7.60. The van der Waals surface area contributed by atoms with Gasteiger partial charge in [0.15, 0.2) is 0 Å². The van der Waals surface area contributed by atoms with Crippen molar-refractivity contribution in [2.24, 2.45) is 5.92 Å². The van der Waals surface area contributed by atoms with E-state index in [1.807, 2.05) is 24.3 Å². The van der Waals surface area contributed by atoms with Crippen molar-refractivity contribution in [3.8, 4) is 0 Å². The normalized spacial score (nSPS) is 17.9. The molecular formula is C27H34ClN3O3. The van der Waals surface area contributed by atoms with Gasteiger partial charge in [0.25, 0.3) is 0 Å². The number of benzene rings is 2. The van der Waals surface area contributed by atoms with Gasteiger partial charge in [-0.2, -0.15) is 0 Å². The topological polar surface area (TPSA) is 53.1 Å². The Morgan fingerprint density at radius 1 is 1.06 bits per heavy atom. The number of hydrogen-bond acceptors (Lipinski definition) is 4. The summed E-state index contributed by atoms with van der Waals surface area (Å²) in [5.41, 5.74) is 3.36. The summed E-state index contributed by atoms with van der Waals surface area (Å²) in [5.74, 6) is -0.409. The van der Waals surface area contributed by atoms with Crippen LogP contribution in [0.25, 0.3) is 0 Å². The van der Waals surface area contributed by atoms with Crippen LogP contribution in [0, 0.1) is 5.92 Å². The fourth-order valence-corrected chi connectivity index (χ4v) is 5.31. The zero-order valence-corrected chi connectivity index (χ0v) is 21.1. The van der Waals surface area contributed by atoms with Crippen LogP contribution in [0.3, 0.4) is 0 Å². The van der Waals surface area contributed by atoms with Gasteiger partial charge in [-0.05, 0) is 42.0 Å². The molecule has 2 aliphatic heterocycles. The highest BCUT2D eigenvalue weighted by Gasteiger charge is 2.43. The lowest BCUT2D eigenvalue weighted by Crippen LogP contribution is -2.48. The van der Waals surface area contributed by atoms with E-state index in [0.717, 1.165) is 31.5 Å². The fourth-order valence-electron chi connectivity index (χ4n) is 5.10. The summed E-state index contributed by atoms with van der Waals surface area (Å²) in [7, 11) is 5.11. The molecule has 182 valence electrons. The largest absolute Gasteiger partial charge is 0.365 e. The summed E-state index contributed by atoms with van der Waals surface area (Å²) in [5, 5.41) is 0.667. The van der Waals surface area contributed by atoms with E-state index in [9.17, 15) is 9.59 Å². The maximum atomic E-state index is 13.5. The molecule has 7 heteroatoms. The number of piperidine rings is 1. The molecule has 0 radical (unpaired) electrons. The van der Waals surface area contributed by atoms with Gasteiger partial charge in [0, 0.05) is 45.8 Å². The second-order valence-electron chi connectivity index (χ2n) is 9.72. The predicted molar refractivity (Wildman–Crippen MR) is 134 cm³/mol. The van der Waals surface area contributed by atoms with Gasteiger partial charge in [-0.3, -0.25) is 9.59 Å². The third-order valence-electron chi connectivity index (χ3n) is 7.18. The minimum Gasteiger partial charge on any atom is -0.365 e. The second-order valence-corrected chi connectivity index (χ2v) is 10.1. The van der Waals surface area contributed by atoms with E-state index in [1.165, 1.54) is 16.0 Å². The molecule has 1 unspecified atom stereocenters. The number of nitrogens with zero attached hydrogens (tertiary/aromatic N) is 3. The first-order valence-electron chi connectivity index (χ1n) is 11.9. The number of hydrogen-bond donors (Lipinski definition) is 0. The molecule has 6 nitrogen and oxygen atoms in total. The maximum absolute atomic E-state index is 13.5. The number of ether oxygens (including phenoxy) is 1. The molecule has 2 heterocycles. The van der Waals surface area contributed by atoms with E-state index in [4.69, 9.17) is 16.3 Å². The number of carbonyl (C=O) groups is 2. The molecule has 0 saturated carbocycles. The molecule has 2 aromatic carbocycles. The number of halogens is 1. The zero-order valence-electron chi connectivity index (χ0n) is 20.3. The third kappa shape index (κ3) is 5.29. The lowest BCUT2D eigenvalue weighted by Gasteiger charge is -2.40. The Labute approximate surface area is 207 Å². The molecule has 2 amide bonds. The first kappa shape index (κ1) is 24.7. The summed E-state index contributed by atoms with van der Waals surface area (Å²) in [4.78, 5) is 31.1. The fraction of sp³-hybridized carbons (Fsp3) is 0.481. The SMILES string of the molecule is CN(C)C(=O)CN(C)C(=O)C(Cc1ccccc1Cl)CN1CCC2(CC1)OCc1ccccc12. The van der Waals surface area contributed by atoms with Gasteiger partial charge < -0.3 is 19.4 Å². The molecule has 4 rings (SSSR count). The van der Waals surface area contributed by atoms with Crippen LogP contribution in [-0.4, -0.2) is 73.8 Å². The summed E-state index contributed by atoms with van der Waals surface area (Å²) in [6, 6.07) is 16.2. The number of carbonyl (C=O) groups excluding carboxylic acids is 2. The summed E-state index contributed by atoms with van der Waals surface area (Å²) < 4.78 is 6.31. The van der Waals surface area contributed by atoms with Gasteiger partial charge in [0.2, 0.25) is 11.8 Å². The lowest BCUT2D eigenvalue weighted by atomic mass is 9.83. The van der Waals surface area contributed by atoms with Gasteiger partial charge >= 0.3 is 0 Å². The van der Waals surface area contributed by atoms with E-state index >= 15 is 0 Å². The number of amides is 2. The molecule has 0 aliphatic carbocycles. The van der Waals surface area contributed by atoms with E-state index in [-0.39, 0.29) is 29.9 Å². The number of likely N-dealkylation sites (N-methyl/N-ethyl adjacent to an activating group) is 2. The molecule has 1 atom stereocenters. The number of fused-ring (bicyclic) bond motifs is 2. The standard InChI is InChI=1S/C27H34ClN3O3/c1-29(2)25(32)18-30(3)26(33)22(16-20-8-5-7-11-24(20)28)17-31-14-12-27(13-15-31)23-10-6-4-9-21(23)19-34-27/h4-11,22H,12-19H2,1-3H3. The van der Waals surface area contributed by atoms with Gasteiger partial charge in [-0.25, -0.2) is 0 Å². The summed E-state index contributed by atoms with van der Waals surface area (Å²) in [6.07, 6.45) is 2.36. The Morgan fingerprint density at radius 2 is 1.74 bits per heavy atom. The van der Waals surface area contributed by atoms with Crippen molar-refractivity contribution in [3.05, 3.63) is 70.2 Å². The lowest BCUT2D eigenvalue weighted by molar-refractivity contribution is -0.141. The molecule has 0 N–H and O–H groups in total. The highest BCUT2D eigenvalue weighted by molar-refractivity contribution is 6.31. The Hall–Kier alpha value is -2.41. The van der Waals surface area contributed by atoms with Crippen LogP contribution in [0.5, 0.6) is 0 Å². The maximum Gasteiger partial charge on any atom is 0.241 e. The van der Waals surface area contributed by atoms with Crippen LogP contribution in [0.1, 0.15) is 29.5 Å². The first-order chi connectivity index (χ1) is 16.3. The second kappa shape index (κ2) is 10.5. The van der Waals surface area contributed by atoms with Crippen LogP contribution < -0.4 is 0 Å². The molecule has 1 fully saturated rings. The average Bonchev–Trinajstić information content (AvgIpc) is 3.19. The molecule has 0 bridgehead atoms. The Bertz CT molecular complexity index is 1030. The quantitative estimate of drug-likeness (QED) is 0.604. The van der Waals surface area contributed by atoms with Gasteiger partial charge in [-0.1, -0.05) is 54.1 Å². The highest BCUT2D eigenvalue weighted by Crippen LogP contribution is 2.44. The molecular weight excluding hydrogens is 450 g/mol. The van der Waals surface area contributed by atoms with Crippen LogP contribution in [0.15, 0.2) is 48.5 Å². The van der Waals surface area contributed by atoms with E-state index in [0.29, 0.717) is 24.6 Å². The monoisotopic (exact) mass is 483 g/mol. The average molecular weight is 484 g/mol. The molecule has 34 heavy (non-hydrogen) atoms. The molecule has 1 saturated heterocycles. The van der Waals surface area contributed by atoms with Crippen molar-refractivity contribution in [1.29, 1.82) is 0 Å². The third-order valence-corrected chi connectivity index (χ3v) is 7.54. The van der Waals surface area contributed by atoms with Crippen LogP contribution in [0.2, 0.25) is 5.02 Å². The van der Waals surface area contributed by atoms with E-state index in [2.05, 4.69) is 29.2 Å². The summed E-state index contributed by atoms with van der Waals surface area (Å²) in [6.45, 7) is 3.09. The number of rotatable bonds is 7. The van der Waals surface area contributed by atoms with Crippen molar-refractivity contribution in [2.45, 2.75) is 31.5 Å². The predicted octanol–water partition coefficient (Wildman–Crippen LogP) is 3.57. The van der Waals surface area contributed by atoms with Crippen molar-refractivity contribution in [1.82, 2.24) is 14.7 Å². The van der Waals surface area contributed by atoms with Crippen molar-refractivity contribution in [3.63, 3.8) is 0 Å². The first-order valence-corrected chi connectivity index (χ1v) is 12.3. The van der Waals surface area contributed by atoms with Gasteiger partial charge in [0.05, 0.1) is 24.7 Å². The van der Waals surface area contributed by atoms with Gasteiger partial charge in [-0.15, -0.1) is 0 Å². The van der Waals surface area contributed by atoms with E-state index < -0.39 is 0 Å². The Morgan fingerprint density at radius 3 is 2.44 bits per heavy atom. The highest BCUT2D eigenvalue weighted by atomic mass is 35.5. The van der Waals surface area contributed by atoms with E-state index in [1.54, 1.807) is 26.0 Å². The zero-order chi connectivity index (χ0) is 24.3. The molecule has 2 aliphatic rings. The van der Waals surface area contributed by atoms with Crippen molar-refractivity contribution < 1.29 is 14.3 Å². The molecule has 0 aromatic heterocycles. The molecule has 1 spiro atoms. The molecule has 2 aromatic rings. The summed E-state index contributed by atoms with van der Waals surface area (Å²) >= 11 is 6.44. The minimum atomic E-state index is -0.286. The smallest absolute Gasteiger partial charge is 0.241 e. The van der Waals surface area contributed by atoms with Crippen LogP contribution >= 0.6 is 11.6 Å². The number of likely N-dealkylation sites (tertiary alicyclic amines) is 1. The van der Waals surface area contributed by atoms with Crippen LogP contribution in [0.4, 0.5) is 0 Å². The van der Waals surface area contributed by atoms with Crippen molar-refractivity contribution >= 4 is 23.4 Å². The van der Waals surface area contributed by atoms with Crippen LogP contribution in [-0.2, 0) is 33.0 Å². The van der Waals surface area contributed by atoms with Crippen molar-refractivity contribution in [2.75, 3.05) is 47.3 Å². The Balaban J connectivity index is 1.46.